The van der Waals surface area contributed by atoms with Crippen LogP contribution in [0.2, 0.25) is 0 Å². The van der Waals surface area contributed by atoms with Crippen LogP contribution in [0.25, 0.3) is 0 Å². The van der Waals surface area contributed by atoms with Gasteiger partial charge in [0.1, 0.15) is 6.10 Å². The summed E-state index contributed by atoms with van der Waals surface area (Å²) in [6.07, 6.45) is 1.93. The second kappa shape index (κ2) is 5.07. The van der Waals surface area contributed by atoms with E-state index in [9.17, 15) is 9.59 Å². The zero-order valence-corrected chi connectivity index (χ0v) is 11.0. The molecule has 1 aliphatic carbocycles. The number of esters is 1. The standard InChI is InChI=1S/C13H22O4/c1-5-8-6-10(8)17-11(14)7-9(12(15)16)13(2,3)4/h8-10H,5-7H2,1-4H3,(H,15,16)/t8-,9-,10-/m1/s1. The van der Waals surface area contributed by atoms with Crippen LogP contribution in [-0.4, -0.2) is 23.1 Å². The Morgan fingerprint density at radius 1 is 1.41 bits per heavy atom. The van der Waals surface area contributed by atoms with Gasteiger partial charge >= 0.3 is 11.9 Å². The lowest BCUT2D eigenvalue weighted by Crippen LogP contribution is -2.31. The van der Waals surface area contributed by atoms with E-state index in [1.54, 1.807) is 0 Å². The van der Waals surface area contributed by atoms with E-state index in [0.29, 0.717) is 5.92 Å². The molecule has 1 N–H and O–H groups in total. The summed E-state index contributed by atoms with van der Waals surface area (Å²) in [6, 6.07) is 0. The van der Waals surface area contributed by atoms with Crippen molar-refractivity contribution in [2.24, 2.45) is 17.3 Å². The van der Waals surface area contributed by atoms with Gasteiger partial charge in [-0.25, -0.2) is 0 Å². The summed E-state index contributed by atoms with van der Waals surface area (Å²) in [5.41, 5.74) is -0.432. The molecule has 1 saturated carbocycles. The van der Waals surface area contributed by atoms with Gasteiger partial charge in [0.25, 0.3) is 0 Å². The first kappa shape index (κ1) is 14.0. The molecule has 0 unspecified atom stereocenters. The second-order valence-corrected chi connectivity index (χ2v) is 5.89. The maximum Gasteiger partial charge on any atom is 0.307 e. The summed E-state index contributed by atoms with van der Waals surface area (Å²) in [6.45, 7) is 7.54. The van der Waals surface area contributed by atoms with Gasteiger partial charge in [-0.2, -0.15) is 0 Å². The molecule has 0 aromatic carbocycles. The molecule has 0 saturated heterocycles. The molecule has 0 aliphatic heterocycles. The van der Waals surface area contributed by atoms with E-state index in [4.69, 9.17) is 9.84 Å². The Bertz CT molecular complexity index is 303. The van der Waals surface area contributed by atoms with E-state index < -0.39 is 17.3 Å². The highest BCUT2D eigenvalue weighted by Crippen LogP contribution is 2.37. The maximum atomic E-state index is 11.6. The van der Waals surface area contributed by atoms with Crippen LogP contribution in [-0.2, 0) is 14.3 Å². The van der Waals surface area contributed by atoms with E-state index in [2.05, 4.69) is 6.92 Å². The highest BCUT2D eigenvalue weighted by Gasteiger charge is 2.40. The number of hydrogen-bond acceptors (Lipinski definition) is 3. The van der Waals surface area contributed by atoms with Crippen molar-refractivity contribution in [1.82, 2.24) is 0 Å². The number of hydrogen-bond donors (Lipinski definition) is 1. The summed E-state index contributed by atoms with van der Waals surface area (Å²) in [7, 11) is 0. The molecule has 1 aliphatic rings. The average Bonchev–Trinajstić information content (AvgIpc) is 2.90. The fourth-order valence-corrected chi connectivity index (χ4v) is 1.94. The van der Waals surface area contributed by atoms with Crippen molar-refractivity contribution < 1.29 is 19.4 Å². The third-order valence-corrected chi connectivity index (χ3v) is 3.38. The lowest BCUT2D eigenvalue weighted by Gasteiger charge is -2.26. The Morgan fingerprint density at radius 2 is 2.00 bits per heavy atom. The Hall–Kier alpha value is -1.06. The van der Waals surface area contributed by atoms with E-state index in [1.165, 1.54) is 0 Å². The molecule has 0 amide bonds. The van der Waals surface area contributed by atoms with Gasteiger partial charge in [0.05, 0.1) is 12.3 Å². The third-order valence-electron chi connectivity index (χ3n) is 3.38. The molecule has 4 heteroatoms. The van der Waals surface area contributed by atoms with Gasteiger partial charge in [0.2, 0.25) is 0 Å². The first-order valence-corrected chi connectivity index (χ1v) is 6.18. The minimum Gasteiger partial charge on any atom is -0.481 e. The Balaban J connectivity index is 2.45. The van der Waals surface area contributed by atoms with Crippen molar-refractivity contribution >= 4 is 11.9 Å². The van der Waals surface area contributed by atoms with Crippen LogP contribution >= 0.6 is 0 Å². The molecule has 17 heavy (non-hydrogen) atoms. The molecule has 0 bridgehead atoms. The van der Waals surface area contributed by atoms with Crippen molar-refractivity contribution in [2.75, 3.05) is 0 Å². The largest absolute Gasteiger partial charge is 0.481 e. The average molecular weight is 242 g/mol. The summed E-state index contributed by atoms with van der Waals surface area (Å²) < 4.78 is 5.24. The first-order valence-electron chi connectivity index (χ1n) is 6.18. The molecular formula is C13H22O4. The highest BCUT2D eigenvalue weighted by atomic mass is 16.5. The quantitative estimate of drug-likeness (QED) is 0.752. The van der Waals surface area contributed by atoms with E-state index in [0.717, 1.165) is 12.8 Å². The van der Waals surface area contributed by atoms with Crippen molar-refractivity contribution in [3.8, 4) is 0 Å². The zero-order valence-electron chi connectivity index (χ0n) is 11.0. The van der Waals surface area contributed by atoms with Gasteiger partial charge in [-0.1, -0.05) is 27.7 Å². The number of aliphatic carboxylic acids is 1. The molecule has 1 rings (SSSR count). The number of carboxylic acids is 1. The SMILES string of the molecule is CC[C@@H]1C[C@H]1OC(=O)C[C@H](C(=O)O)C(C)(C)C. The summed E-state index contributed by atoms with van der Waals surface area (Å²) in [5.74, 6) is -1.52. The van der Waals surface area contributed by atoms with Crippen molar-refractivity contribution in [2.45, 2.75) is 53.1 Å². The van der Waals surface area contributed by atoms with Crippen molar-refractivity contribution in [1.29, 1.82) is 0 Å². The maximum absolute atomic E-state index is 11.6. The van der Waals surface area contributed by atoms with Gasteiger partial charge in [0, 0.05) is 0 Å². The van der Waals surface area contributed by atoms with Crippen LogP contribution in [0.5, 0.6) is 0 Å². The van der Waals surface area contributed by atoms with Gasteiger partial charge in [-0.05, 0) is 24.2 Å². The molecule has 1 fully saturated rings. The predicted molar refractivity (Wildman–Crippen MR) is 63.5 cm³/mol. The van der Waals surface area contributed by atoms with E-state index >= 15 is 0 Å². The third kappa shape index (κ3) is 4.02. The Kier molecular flexibility index (Phi) is 4.17. The first-order chi connectivity index (χ1) is 7.75. The van der Waals surface area contributed by atoms with Crippen LogP contribution in [0.4, 0.5) is 0 Å². The van der Waals surface area contributed by atoms with E-state index in [-0.39, 0.29) is 18.5 Å². The minimum atomic E-state index is -0.933. The van der Waals surface area contributed by atoms with Crippen LogP contribution < -0.4 is 0 Å². The number of carbonyl (C=O) groups excluding carboxylic acids is 1. The van der Waals surface area contributed by atoms with Gasteiger partial charge in [0.15, 0.2) is 0 Å². The highest BCUT2D eigenvalue weighted by molar-refractivity contribution is 5.79. The molecule has 0 heterocycles. The lowest BCUT2D eigenvalue weighted by molar-refractivity contribution is -0.156. The summed E-state index contributed by atoms with van der Waals surface area (Å²) >= 11 is 0. The number of rotatable bonds is 5. The number of carboxylic acid groups (broad SMARTS) is 1. The lowest BCUT2D eigenvalue weighted by atomic mass is 9.79. The topological polar surface area (TPSA) is 63.6 Å². The van der Waals surface area contributed by atoms with Crippen LogP contribution in [0.15, 0.2) is 0 Å². The second-order valence-electron chi connectivity index (χ2n) is 5.89. The molecule has 0 radical (unpaired) electrons. The predicted octanol–water partition coefficient (Wildman–Crippen LogP) is 2.47. The van der Waals surface area contributed by atoms with E-state index in [1.807, 2.05) is 20.8 Å². The van der Waals surface area contributed by atoms with Crippen LogP contribution in [0, 0.1) is 17.3 Å². The fraction of sp³-hybridized carbons (Fsp3) is 0.846. The fourth-order valence-electron chi connectivity index (χ4n) is 1.94. The smallest absolute Gasteiger partial charge is 0.307 e. The van der Waals surface area contributed by atoms with Gasteiger partial charge in [-0.15, -0.1) is 0 Å². The zero-order chi connectivity index (χ0) is 13.2. The summed E-state index contributed by atoms with van der Waals surface area (Å²) in [4.78, 5) is 22.7. The van der Waals surface area contributed by atoms with Gasteiger partial charge < -0.3 is 9.84 Å². The van der Waals surface area contributed by atoms with Crippen LogP contribution in [0.1, 0.15) is 47.0 Å². The molecule has 0 aromatic rings. The van der Waals surface area contributed by atoms with Crippen molar-refractivity contribution in [3.63, 3.8) is 0 Å². The molecular weight excluding hydrogens is 220 g/mol. The molecule has 98 valence electrons. The molecule has 4 nitrogen and oxygen atoms in total. The Morgan fingerprint density at radius 3 is 2.35 bits per heavy atom. The molecule has 3 atom stereocenters. The minimum absolute atomic E-state index is 0.0295. The molecule has 0 spiro atoms. The monoisotopic (exact) mass is 242 g/mol. The van der Waals surface area contributed by atoms with Crippen LogP contribution in [0.3, 0.4) is 0 Å². The van der Waals surface area contributed by atoms with Gasteiger partial charge in [-0.3, -0.25) is 9.59 Å². The molecule has 0 aromatic heterocycles. The number of carbonyl (C=O) groups is 2. The van der Waals surface area contributed by atoms with Crippen molar-refractivity contribution in [3.05, 3.63) is 0 Å². The number of ether oxygens (including phenoxy) is 1. The normalized spacial score (nSPS) is 25.2. The summed E-state index contributed by atoms with van der Waals surface area (Å²) in [5, 5.41) is 9.10. The Labute approximate surface area is 102 Å².